The van der Waals surface area contributed by atoms with Crippen molar-refractivity contribution in [2.45, 2.75) is 38.6 Å². The molecule has 0 radical (unpaired) electrons. The minimum atomic E-state index is 0.0496. The number of carbonyl (C=O) groups is 2. The van der Waals surface area contributed by atoms with E-state index in [9.17, 15) is 9.59 Å². The van der Waals surface area contributed by atoms with Crippen molar-refractivity contribution in [2.24, 2.45) is 17.8 Å². The molecule has 1 saturated heterocycles. The van der Waals surface area contributed by atoms with Gasteiger partial charge in [-0.1, -0.05) is 6.92 Å². The molecule has 0 aromatic heterocycles. The molecule has 0 aromatic carbocycles. The Kier molecular flexibility index (Phi) is 2.69. The van der Waals surface area contributed by atoms with Crippen molar-refractivity contribution in [1.82, 2.24) is 10.2 Å². The van der Waals surface area contributed by atoms with E-state index in [1.165, 1.54) is 17.7 Å². The van der Waals surface area contributed by atoms with Crippen molar-refractivity contribution in [3.05, 3.63) is 0 Å². The minimum Gasteiger partial charge on any atom is -0.312 e. The Morgan fingerprint density at radius 2 is 1.94 bits per heavy atom. The number of nitrogens with one attached hydrogen (secondary N) is 1. The van der Waals surface area contributed by atoms with E-state index in [4.69, 9.17) is 0 Å². The number of rotatable bonds is 6. The normalized spacial score (nSPS) is 32.9. The van der Waals surface area contributed by atoms with Crippen LogP contribution in [0.5, 0.6) is 0 Å². The van der Waals surface area contributed by atoms with Crippen molar-refractivity contribution in [2.75, 3.05) is 13.1 Å². The number of imide groups is 1. The molecule has 0 aromatic rings. The zero-order valence-corrected chi connectivity index (χ0v) is 10.3. The number of hydrogen-bond donors (Lipinski definition) is 1. The SMILES string of the molecule is CCCNC(CN1C(=O)C2CC2C1=O)C1CC1. The Morgan fingerprint density at radius 1 is 1.29 bits per heavy atom. The number of hydrogen-bond acceptors (Lipinski definition) is 3. The van der Waals surface area contributed by atoms with Crippen molar-refractivity contribution < 1.29 is 9.59 Å². The van der Waals surface area contributed by atoms with Gasteiger partial charge in [-0.2, -0.15) is 0 Å². The van der Waals surface area contributed by atoms with Crippen LogP contribution in [0.2, 0.25) is 0 Å². The van der Waals surface area contributed by atoms with Crippen LogP contribution in [0.4, 0.5) is 0 Å². The van der Waals surface area contributed by atoms with Gasteiger partial charge in [-0.05, 0) is 38.1 Å². The van der Waals surface area contributed by atoms with Gasteiger partial charge in [0.1, 0.15) is 0 Å². The van der Waals surface area contributed by atoms with E-state index < -0.39 is 0 Å². The third-order valence-electron chi connectivity index (χ3n) is 4.18. The van der Waals surface area contributed by atoms with Crippen LogP contribution in [0, 0.1) is 17.8 Å². The van der Waals surface area contributed by atoms with Gasteiger partial charge in [0, 0.05) is 12.6 Å². The fourth-order valence-electron chi connectivity index (χ4n) is 2.84. The molecule has 2 saturated carbocycles. The highest BCUT2D eigenvalue weighted by Crippen LogP contribution is 2.47. The molecule has 17 heavy (non-hydrogen) atoms. The average molecular weight is 236 g/mol. The highest BCUT2D eigenvalue weighted by atomic mass is 16.2. The van der Waals surface area contributed by atoms with Crippen molar-refractivity contribution >= 4 is 11.8 Å². The summed E-state index contributed by atoms with van der Waals surface area (Å²) in [6.45, 7) is 3.72. The molecule has 2 amide bonds. The maximum absolute atomic E-state index is 11.9. The summed E-state index contributed by atoms with van der Waals surface area (Å²) >= 11 is 0. The minimum absolute atomic E-state index is 0.0496. The summed E-state index contributed by atoms with van der Waals surface area (Å²) in [5.41, 5.74) is 0. The average Bonchev–Trinajstić information content (AvgIpc) is 3.17. The van der Waals surface area contributed by atoms with Crippen molar-refractivity contribution in [3.63, 3.8) is 0 Å². The number of carbonyl (C=O) groups excluding carboxylic acids is 2. The third-order valence-corrected chi connectivity index (χ3v) is 4.18. The molecule has 94 valence electrons. The van der Waals surface area contributed by atoms with E-state index in [0.717, 1.165) is 19.4 Å². The molecule has 3 atom stereocenters. The van der Waals surface area contributed by atoms with Crippen LogP contribution in [0.25, 0.3) is 0 Å². The van der Waals surface area contributed by atoms with Crippen LogP contribution >= 0.6 is 0 Å². The summed E-state index contributed by atoms with van der Waals surface area (Å²) in [5.74, 6) is 0.953. The predicted molar refractivity (Wildman–Crippen MR) is 63.1 cm³/mol. The summed E-state index contributed by atoms with van der Waals surface area (Å²) < 4.78 is 0. The molecule has 3 aliphatic rings. The second kappa shape index (κ2) is 4.09. The lowest BCUT2D eigenvalue weighted by Crippen LogP contribution is -2.46. The van der Waals surface area contributed by atoms with E-state index >= 15 is 0 Å². The summed E-state index contributed by atoms with van der Waals surface area (Å²) in [7, 11) is 0. The molecule has 4 heteroatoms. The second-order valence-electron chi connectivity index (χ2n) is 5.63. The van der Waals surface area contributed by atoms with Gasteiger partial charge in [0.05, 0.1) is 11.8 Å². The molecular weight excluding hydrogens is 216 g/mol. The molecule has 4 nitrogen and oxygen atoms in total. The van der Waals surface area contributed by atoms with E-state index in [1.807, 2.05) is 0 Å². The van der Waals surface area contributed by atoms with Crippen LogP contribution in [0.1, 0.15) is 32.6 Å². The molecule has 0 bridgehead atoms. The van der Waals surface area contributed by atoms with E-state index in [-0.39, 0.29) is 23.7 Å². The Morgan fingerprint density at radius 3 is 2.47 bits per heavy atom. The molecule has 2 aliphatic carbocycles. The van der Waals surface area contributed by atoms with E-state index in [0.29, 0.717) is 18.5 Å². The second-order valence-corrected chi connectivity index (χ2v) is 5.63. The van der Waals surface area contributed by atoms with Gasteiger partial charge in [0.2, 0.25) is 11.8 Å². The van der Waals surface area contributed by atoms with Gasteiger partial charge in [0.25, 0.3) is 0 Å². The van der Waals surface area contributed by atoms with Gasteiger partial charge >= 0.3 is 0 Å². The van der Waals surface area contributed by atoms with Crippen LogP contribution in [-0.4, -0.2) is 35.8 Å². The molecule has 1 aliphatic heterocycles. The maximum Gasteiger partial charge on any atom is 0.233 e. The molecule has 1 N–H and O–H groups in total. The molecular formula is C13H20N2O2. The van der Waals surface area contributed by atoms with Crippen molar-refractivity contribution in [1.29, 1.82) is 0 Å². The number of nitrogens with zero attached hydrogens (tertiary/aromatic N) is 1. The van der Waals surface area contributed by atoms with Crippen molar-refractivity contribution in [3.8, 4) is 0 Å². The highest BCUT2D eigenvalue weighted by Gasteiger charge is 2.59. The highest BCUT2D eigenvalue weighted by molar-refractivity contribution is 6.08. The zero-order valence-electron chi connectivity index (χ0n) is 10.3. The molecule has 1 heterocycles. The van der Waals surface area contributed by atoms with Crippen LogP contribution < -0.4 is 5.32 Å². The number of fused-ring (bicyclic) bond motifs is 1. The summed E-state index contributed by atoms with van der Waals surface area (Å²) in [6, 6.07) is 0.334. The quantitative estimate of drug-likeness (QED) is 0.693. The first-order valence-corrected chi connectivity index (χ1v) is 6.81. The van der Waals surface area contributed by atoms with Crippen LogP contribution in [0.3, 0.4) is 0 Å². The zero-order chi connectivity index (χ0) is 12.0. The third kappa shape index (κ3) is 1.99. The Hall–Kier alpha value is -0.900. The van der Waals surface area contributed by atoms with E-state index in [2.05, 4.69) is 12.2 Å². The fraction of sp³-hybridized carbons (Fsp3) is 0.846. The number of piperidine rings is 1. The molecule has 3 fully saturated rings. The summed E-state index contributed by atoms with van der Waals surface area (Å²) in [4.78, 5) is 25.3. The van der Waals surface area contributed by atoms with E-state index in [1.54, 1.807) is 0 Å². The topological polar surface area (TPSA) is 49.4 Å². The monoisotopic (exact) mass is 236 g/mol. The van der Waals surface area contributed by atoms with Gasteiger partial charge in [-0.3, -0.25) is 14.5 Å². The summed E-state index contributed by atoms with van der Waals surface area (Å²) in [6.07, 6.45) is 4.38. The Balaban J connectivity index is 1.60. The lowest BCUT2D eigenvalue weighted by Gasteiger charge is -2.24. The first kappa shape index (κ1) is 11.2. The Bertz CT molecular complexity index is 331. The van der Waals surface area contributed by atoms with Crippen LogP contribution in [0.15, 0.2) is 0 Å². The number of amides is 2. The molecule has 3 rings (SSSR count). The van der Waals surface area contributed by atoms with Gasteiger partial charge in [0.15, 0.2) is 0 Å². The van der Waals surface area contributed by atoms with Gasteiger partial charge in [-0.25, -0.2) is 0 Å². The fourth-order valence-corrected chi connectivity index (χ4v) is 2.84. The Labute approximate surface area is 102 Å². The first-order valence-electron chi connectivity index (χ1n) is 6.81. The lowest BCUT2D eigenvalue weighted by atomic mass is 10.1. The smallest absolute Gasteiger partial charge is 0.233 e. The van der Waals surface area contributed by atoms with Crippen LogP contribution in [-0.2, 0) is 9.59 Å². The maximum atomic E-state index is 11.9. The molecule has 0 spiro atoms. The predicted octanol–water partition coefficient (Wildman–Crippen LogP) is 0.769. The summed E-state index contributed by atoms with van der Waals surface area (Å²) in [5, 5.41) is 3.48. The molecule has 3 unspecified atom stereocenters. The first-order chi connectivity index (χ1) is 8.22. The van der Waals surface area contributed by atoms with Gasteiger partial charge in [-0.15, -0.1) is 0 Å². The van der Waals surface area contributed by atoms with Gasteiger partial charge < -0.3 is 5.32 Å². The number of likely N-dealkylation sites (tertiary alicyclic amines) is 1. The standard InChI is InChI=1S/C13H20N2O2/c1-2-5-14-11(8-3-4-8)7-15-12(16)9-6-10(9)13(15)17/h8-11,14H,2-7H2,1H3. The lowest BCUT2D eigenvalue weighted by molar-refractivity contribution is -0.141. The largest absolute Gasteiger partial charge is 0.312 e.